The summed E-state index contributed by atoms with van der Waals surface area (Å²) < 4.78 is 48.4. The summed E-state index contributed by atoms with van der Waals surface area (Å²) in [5.74, 6) is -0.738. The van der Waals surface area contributed by atoms with Crippen molar-refractivity contribution in [3.63, 3.8) is 0 Å². The topological polar surface area (TPSA) is 47.6 Å². The van der Waals surface area contributed by atoms with E-state index in [9.17, 15) is 18.0 Å². The van der Waals surface area contributed by atoms with Crippen molar-refractivity contribution in [2.45, 2.75) is 31.2 Å². The van der Waals surface area contributed by atoms with Crippen LogP contribution in [0.5, 0.6) is 5.75 Å². The number of ether oxygens (including phenoxy) is 2. The molecule has 0 aliphatic rings. The van der Waals surface area contributed by atoms with Gasteiger partial charge in [-0.05, 0) is 62.2 Å². The molecule has 134 valence electrons. The lowest BCUT2D eigenvalue weighted by molar-refractivity contribution is -0.274. The first-order chi connectivity index (χ1) is 11.7. The first-order valence-electron chi connectivity index (χ1n) is 7.33. The van der Waals surface area contributed by atoms with Gasteiger partial charge < -0.3 is 14.2 Å². The number of carbonyl (C=O) groups excluding carboxylic acids is 1. The average Bonchev–Trinajstić information content (AvgIpc) is 2.52. The Morgan fingerprint density at radius 2 is 1.72 bits per heavy atom. The second kappa shape index (κ2) is 8.15. The van der Waals surface area contributed by atoms with E-state index in [0.717, 1.165) is 11.9 Å². The normalized spacial score (nSPS) is 11.3. The monoisotopic (exact) mass is 371 g/mol. The standard InChI is InChI=1S/C17H16F3NO3S/c1-11(2)23-16(22)14-5-3-4-6-15(14)25-21-12-7-9-13(10-8-12)24-17(18,19)20/h3-11,21H,1-2H3. The summed E-state index contributed by atoms with van der Waals surface area (Å²) in [6.07, 6.45) is -4.96. The molecule has 0 spiro atoms. The van der Waals surface area contributed by atoms with E-state index in [-0.39, 0.29) is 11.9 Å². The third-order valence-corrected chi connectivity index (χ3v) is 3.73. The molecule has 8 heteroatoms. The highest BCUT2D eigenvalue weighted by Crippen LogP contribution is 2.28. The van der Waals surface area contributed by atoms with Crippen molar-refractivity contribution in [2.24, 2.45) is 0 Å². The van der Waals surface area contributed by atoms with Gasteiger partial charge in [-0.1, -0.05) is 12.1 Å². The summed E-state index contributed by atoms with van der Waals surface area (Å²) in [5.41, 5.74) is 0.970. The Bertz CT molecular complexity index is 718. The van der Waals surface area contributed by atoms with E-state index in [1.807, 2.05) is 0 Å². The fourth-order valence-corrected chi connectivity index (χ4v) is 2.61. The van der Waals surface area contributed by atoms with Crippen LogP contribution in [0.4, 0.5) is 18.9 Å². The number of anilines is 1. The number of benzene rings is 2. The van der Waals surface area contributed by atoms with E-state index in [1.54, 1.807) is 38.1 Å². The maximum Gasteiger partial charge on any atom is 0.573 e. The fraction of sp³-hybridized carbons (Fsp3) is 0.235. The highest BCUT2D eigenvalue weighted by Gasteiger charge is 2.30. The second-order valence-electron chi connectivity index (χ2n) is 5.23. The molecule has 0 unspecified atom stereocenters. The number of alkyl halides is 3. The largest absolute Gasteiger partial charge is 0.573 e. The molecule has 0 aromatic heterocycles. The van der Waals surface area contributed by atoms with Gasteiger partial charge in [0.05, 0.1) is 11.7 Å². The van der Waals surface area contributed by atoms with Crippen LogP contribution in [-0.2, 0) is 4.74 Å². The first-order valence-corrected chi connectivity index (χ1v) is 8.15. The molecular weight excluding hydrogens is 355 g/mol. The molecule has 4 nitrogen and oxygen atoms in total. The van der Waals surface area contributed by atoms with E-state index in [2.05, 4.69) is 9.46 Å². The van der Waals surface area contributed by atoms with Gasteiger partial charge in [0, 0.05) is 10.6 Å². The molecule has 0 aliphatic carbocycles. The van der Waals surface area contributed by atoms with Gasteiger partial charge in [0.1, 0.15) is 5.75 Å². The SMILES string of the molecule is CC(C)OC(=O)c1ccccc1SNc1ccc(OC(F)(F)F)cc1. The third-order valence-electron chi connectivity index (χ3n) is 2.82. The Hall–Kier alpha value is -2.35. The van der Waals surface area contributed by atoms with E-state index >= 15 is 0 Å². The zero-order chi connectivity index (χ0) is 18.4. The Balaban J connectivity index is 2.03. The minimum atomic E-state index is -4.72. The molecule has 2 aromatic rings. The van der Waals surface area contributed by atoms with Gasteiger partial charge in [-0.15, -0.1) is 13.2 Å². The Labute approximate surface area is 147 Å². The summed E-state index contributed by atoms with van der Waals surface area (Å²) in [4.78, 5) is 12.7. The minimum Gasteiger partial charge on any atom is -0.459 e. The molecule has 0 amide bonds. The van der Waals surface area contributed by atoms with Crippen LogP contribution < -0.4 is 9.46 Å². The lowest BCUT2D eigenvalue weighted by Gasteiger charge is -2.12. The van der Waals surface area contributed by atoms with Gasteiger partial charge in [-0.3, -0.25) is 0 Å². The van der Waals surface area contributed by atoms with Crippen molar-refractivity contribution in [1.82, 2.24) is 0 Å². The van der Waals surface area contributed by atoms with Gasteiger partial charge in [0.15, 0.2) is 0 Å². The lowest BCUT2D eigenvalue weighted by Crippen LogP contribution is -2.16. The number of carbonyl (C=O) groups is 1. The highest BCUT2D eigenvalue weighted by molar-refractivity contribution is 8.00. The van der Waals surface area contributed by atoms with Crippen LogP contribution in [0.3, 0.4) is 0 Å². The zero-order valence-corrected chi connectivity index (χ0v) is 14.3. The van der Waals surface area contributed by atoms with E-state index in [1.165, 1.54) is 24.3 Å². The minimum absolute atomic E-state index is 0.236. The van der Waals surface area contributed by atoms with Crippen molar-refractivity contribution in [3.8, 4) is 5.75 Å². The predicted octanol–water partition coefficient (Wildman–Crippen LogP) is 5.27. The lowest BCUT2D eigenvalue weighted by atomic mass is 10.2. The number of rotatable bonds is 6. The fourth-order valence-electron chi connectivity index (χ4n) is 1.84. The molecule has 0 atom stereocenters. The van der Waals surface area contributed by atoms with Crippen LogP contribution in [0.1, 0.15) is 24.2 Å². The molecule has 0 saturated carbocycles. The maximum atomic E-state index is 12.1. The summed E-state index contributed by atoms with van der Waals surface area (Å²) in [6.45, 7) is 3.52. The molecule has 2 rings (SSSR count). The second-order valence-corrected chi connectivity index (χ2v) is 6.07. The molecule has 2 aromatic carbocycles. The Morgan fingerprint density at radius 3 is 2.32 bits per heavy atom. The number of esters is 1. The maximum absolute atomic E-state index is 12.1. The molecular formula is C17H16F3NO3S. The van der Waals surface area contributed by atoms with Crippen molar-refractivity contribution in [1.29, 1.82) is 0 Å². The Kier molecular flexibility index (Phi) is 6.19. The average molecular weight is 371 g/mol. The summed E-state index contributed by atoms with van der Waals surface area (Å²) >= 11 is 1.16. The van der Waals surface area contributed by atoms with Gasteiger partial charge in [-0.25, -0.2) is 4.79 Å². The number of nitrogens with one attached hydrogen (secondary N) is 1. The van der Waals surface area contributed by atoms with E-state index in [4.69, 9.17) is 4.74 Å². The van der Waals surface area contributed by atoms with Gasteiger partial charge in [-0.2, -0.15) is 0 Å². The van der Waals surface area contributed by atoms with Gasteiger partial charge in [0.25, 0.3) is 0 Å². The molecule has 0 saturated heterocycles. The highest BCUT2D eigenvalue weighted by atomic mass is 32.2. The summed E-state index contributed by atoms with van der Waals surface area (Å²) in [6, 6.07) is 12.2. The quantitative estimate of drug-likeness (QED) is 0.554. The molecule has 25 heavy (non-hydrogen) atoms. The van der Waals surface area contributed by atoms with Crippen molar-refractivity contribution in [3.05, 3.63) is 54.1 Å². The third kappa shape index (κ3) is 6.22. The van der Waals surface area contributed by atoms with Gasteiger partial charge >= 0.3 is 12.3 Å². The molecule has 0 heterocycles. The first kappa shape index (κ1) is 19.0. The van der Waals surface area contributed by atoms with Gasteiger partial charge in [0.2, 0.25) is 0 Å². The molecule has 0 aliphatic heterocycles. The predicted molar refractivity (Wildman–Crippen MR) is 89.6 cm³/mol. The Morgan fingerprint density at radius 1 is 1.08 bits per heavy atom. The molecule has 0 fully saturated rings. The van der Waals surface area contributed by atoms with E-state index < -0.39 is 12.3 Å². The summed E-state index contributed by atoms with van der Waals surface area (Å²) in [5, 5.41) is 0. The van der Waals surface area contributed by atoms with Crippen molar-refractivity contribution < 1.29 is 27.4 Å². The van der Waals surface area contributed by atoms with Crippen LogP contribution in [0.25, 0.3) is 0 Å². The number of halogens is 3. The molecule has 0 radical (unpaired) electrons. The molecule has 0 bridgehead atoms. The van der Waals surface area contributed by atoms with Crippen LogP contribution in [0.2, 0.25) is 0 Å². The smallest absolute Gasteiger partial charge is 0.459 e. The van der Waals surface area contributed by atoms with Crippen LogP contribution in [0, 0.1) is 0 Å². The van der Waals surface area contributed by atoms with Crippen LogP contribution in [0.15, 0.2) is 53.4 Å². The summed E-state index contributed by atoms with van der Waals surface area (Å²) in [7, 11) is 0. The van der Waals surface area contributed by atoms with Crippen LogP contribution in [-0.4, -0.2) is 18.4 Å². The van der Waals surface area contributed by atoms with Crippen molar-refractivity contribution >= 4 is 23.6 Å². The zero-order valence-electron chi connectivity index (χ0n) is 13.5. The number of hydrogen-bond acceptors (Lipinski definition) is 5. The molecule has 1 N–H and O–H groups in total. The number of hydrogen-bond donors (Lipinski definition) is 1. The van der Waals surface area contributed by atoms with Crippen molar-refractivity contribution in [2.75, 3.05) is 4.72 Å². The van der Waals surface area contributed by atoms with E-state index in [0.29, 0.717) is 16.1 Å². The van der Waals surface area contributed by atoms with Crippen LogP contribution >= 0.6 is 11.9 Å².